The maximum Gasteiger partial charge on any atom is 0.334 e. The first-order valence-corrected chi connectivity index (χ1v) is 9.21. The second kappa shape index (κ2) is 8.56. The Morgan fingerprint density at radius 1 is 1.32 bits per heavy atom. The number of carbonyl (C=O) groups is 3. The van der Waals surface area contributed by atoms with Gasteiger partial charge in [-0.2, -0.15) is 0 Å². The number of Topliss-reactive ketones (excluding diaryl/α,β-unsaturated/α-hetero) is 1. The number of hydrogen-bond acceptors (Lipinski definition) is 5. The van der Waals surface area contributed by atoms with Crippen LogP contribution in [-0.2, 0) is 16.0 Å². The lowest BCUT2D eigenvalue weighted by molar-refractivity contribution is -0.142. The Kier molecular flexibility index (Phi) is 6.61. The van der Waals surface area contributed by atoms with Gasteiger partial charge in [0.1, 0.15) is 11.4 Å². The van der Waals surface area contributed by atoms with Gasteiger partial charge in [0.2, 0.25) is 0 Å². The number of ketones is 1. The number of carbonyl (C=O) groups excluding carboxylic acids is 2. The number of aliphatic carboxylic acids is 1. The van der Waals surface area contributed by atoms with Crippen molar-refractivity contribution in [2.75, 3.05) is 0 Å². The monoisotopic (exact) mass is 389 g/mol. The number of carboxylic acid groups (broad SMARTS) is 1. The molecular weight excluding hydrogens is 362 g/mol. The third-order valence-electron chi connectivity index (χ3n) is 4.91. The number of carboxylic acids is 1. The van der Waals surface area contributed by atoms with Gasteiger partial charge in [-0.15, -0.1) is 0 Å². The van der Waals surface area contributed by atoms with Crippen LogP contribution >= 0.6 is 0 Å². The standard InChI is InChI=1S/C21H27NO6/c1-12(2)6-5-9-21(4)17(24)11-15-10-14(7-8-16(15)28-21)19(25)22-18(13(3)23)20(26)27/h6-8,10,17-18,24H,5,9,11H2,1-4H3,(H,22,25)(H,26,27)/t17-,18?,21-/m0/s1. The molecule has 3 atom stereocenters. The van der Waals surface area contributed by atoms with Crippen LogP contribution in [0, 0.1) is 0 Å². The van der Waals surface area contributed by atoms with Crippen LogP contribution in [0.1, 0.15) is 56.5 Å². The lowest BCUT2D eigenvalue weighted by Gasteiger charge is -2.40. The molecule has 0 aliphatic carbocycles. The molecule has 152 valence electrons. The zero-order chi connectivity index (χ0) is 21.1. The Labute approximate surface area is 164 Å². The van der Waals surface area contributed by atoms with Gasteiger partial charge in [0, 0.05) is 12.0 Å². The van der Waals surface area contributed by atoms with Crippen molar-refractivity contribution in [3.63, 3.8) is 0 Å². The van der Waals surface area contributed by atoms with Crippen molar-refractivity contribution in [2.45, 2.75) is 64.7 Å². The summed E-state index contributed by atoms with van der Waals surface area (Å²) < 4.78 is 6.05. The summed E-state index contributed by atoms with van der Waals surface area (Å²) in [5.41, 5.74) is 1.34. The molecule has 3 N–H and O–H groups in total. The molecule has 1 unspecified atom stereocenters. The highest BCUT2D eigenvalue weighted by Crippen LogP contribution is 2.36. The van der Waals surface area contributed by atoms with Gasteiger partial charge in [0.15, 0.2) is 11.8 Å². The van der Waals surface area contributed by atoms with Crippen LogP contribution in [0.15, 0.2) is 29.8 Å². The van der Waals surface area contributed by atoms with E-state index in [9.17, 15) is 19.5 Å². The van der Waals surface area contributed by atoms with E-state index < -0.39 is 35.4 Å². The first-order chi connectivity index (χ1) is 13.0. The number of ether oxygens (including phenoxy) is 1. The van der Waals surface area contributed by atoms with Crippen LogP contribution in [0.5, 0.6) is 5.75 Å². The van der Waals surface area contributed by atoms with E-state index in [-0.39, 0.29) is 5.56 Å². The van der Waals surface area contributed by atoms with E-state index in [0.717, 1.165) is 13.3 Å². The zero-order valence-corrected chi connectivity index (χ0v) is 16.6. The van der Waals surface area contributed by atoms with Gasteiger partial charge < -0.3 is 20.3 Å². The van der Waals surface area contributed by atoms with Crippen molar-refractivity contribution in [2.24, 2.45) is 0 Å². The van der Waals surface area contributed by atoms with Crippen LogP contribution in [0.2, 0.25) is 0 Å². The molecule has 1 amide bonds. The van der Waals surface area contributed by atoms with Crippen molar-refractivity contribution >= 4 is 17.7 Å². The molecule has 1 heterocycles. The minimum atomic E-state index is -1.59. The third-order valence-corrected chi connectivity index (χ3v) is 4.91. The molecular formula is C21H27NO6. The van der Waals surface area contributed by atoms with Gasteiger partial charge in [-0.3, -0.25) is 9.59 Å². The first kappa shape index (κ1) is 21.6. The fourth-order valence-electron chi connectivity index (χ4n) is 3.14. The summed E-state index contributed by atoms with van der Waals surface area (Å²) in [6, 6.07) is 3.12. The van der Waals surface area contributed by atoms with Crippen molar-refractivity contribution in [1.29, 1.82) is 0 Å². The minimum Gasteiger partial charge on any atom is -0.485 e. The van der Waals surface area contributed by atoms with Crippen molar-refractivity contribution in [1.82, 2.24) is 5.32 Å². The van der Waals surface area contributed by atoms with Gasteiger partial charge in [-0.25, -0.2) is 4.79 Å². The molecule has 0 bridgehead atoms. The largest absolute Gasteiger partial charge is 0.485 e. The van der Waals surface area contributed by atoms with Crippen LogP contribution in [-0.4, -0.2) is 45.6 Å². The SMILES string of the molecule is CC(=O)C(NC(=O)c1ccc2c(c1)C[C@H](O)[C@](C)(CCC=C(C)C)O2)C(=O)O. The molecule has 1 aromatic rings. The summed E-state index contributed by atoms with van der Waals surface area (Å²) in [5, 5.41) is 21.8. The Morgan fingerprint density at radius 2 is 2.00 bits per heavy atom. The van der Waals surface area contributed by atoms with E-state index in [4.69, 9.17) is 9.84 Å². The summed E-state index contributed by atoms with van der Waals surface area (Å²) in [7, 11) is 0. The number of hydrogen-bond donors (Lipinski definition) is 3. The summed E-state index contributed by atoms with van der Waals surface area (Å²) in [6.07, 6.45) is 3.11. The van der Waals surface area contributed by atoms with E-state index in [0.29, 0.717) is 24.2 Å². The lowest BCUT2D eigenvalue weighted by Crippen LogP contribution is -2.49. The Balaban J connectivity index is 2.17. The normalized spacial score (nSPS) is 21.7. The number of amides is 1. The smallest absolute Gasteiger partial charge is 0.334 e. The predicted molar refractivity (Wildman–Crippen MR) is 103 cm³/mol. The van der Waals surface area contributed by atoms with Crippen molar-refractivity contribution < 1.29 is 29.3 Å². The molecule has 7 nitrogen and oxygen atoms in total. The quantitative estimate of drug-likeness (QED) is 0.487. The van der Waals surface area contributed by atoms with E-state index >= 15 is 0 Å². The topological polar surface area (TPSA) is 113 Å². The molecule has 7 heteroatoms. The molecule has 0 radical (unpaired) electrons. The van der Waals surface area contributed by atoms with Gasteiger partial charge in [0.05, 0.1) is 6.10 Å². The molecule has 1 aliphatic heterocycles. The molecule has 0 fully saturated rings. The molecule has 0 spiro atoms. The van der Waals surface area contributed by atoms with Crippen LogP contribution in [0.4, 0.5) is 0 Å². The second-order valence-corrected chi connectivity index (χ2v) is 7.63. The average molecular weight is 389 g/mol. The maximum atomic E-state index is 12.3. The second-order valence-electron chi connectivity index (χ2n) is 7.63. The fraction of sp³-hybridized carbons (Fsp3) is 0.476. The summed E-state index contributed by atoms with van der Waals surface area (Å²) >= 11 is 0. The number of aliphatic hydroxyl groups is 1. The number of rotatable bonds is 7. The first-order valence-electron chi connectivity index (χ1n) is 9.21. The molecule has 0 saturated heterocycles. The molecule has 1 aliphatic rings. The van der Waals surface area contributed by atoms with Gasteiger partial charge in [-0.1, -0.05) is 11.6 Å². The number of benzene rings is 1. The summed E-state index contributed by atoms with van der Waals surface area (Å²) in [6.45, 7) is 7.00. The highest BCUT2D eigenvalue weighted by atomic mass is 16.5. The number of aliphatic hydroxyl groups excluding tert-OH is 1. The Hall–Kier alpha value is -2.67. The van der Waals surface area contributed by atoms with Gasteiger partial charge in [0.25, 0.3) is 5.91 Å². The average Bonchev–Trinajstić information content (AvgIpc) is 2.59. The highest BCUT2D eigenvalue weighted by Gasteiger charge is 2.39. The van der Waals surface area contributed by atoms with Crippen LogP contribution in [0.25, 0.3) is 0 Å². The zero-order valence-electron chi connectivity index (χ0n) is 16.6. The Morgan fingerprint density at radius 3 is 2.57 bits per heavy atom. The Bertz CT molecular complexity index is 797. The predicted octanol–water partition coefficient (Wildman–Crippen LogP) is 2.26. The number of allylic oxidation sites excluding steroid dienone is 2. The molecule has 0 aromatic heterocycles. The molecule has 28 heavy (non-hydrogen) atoms. The minimum absolute atomic E-state index is 0.204. The highest BCUT2D eigenvalue weighted by molar-refractivity contribution is 6.06. The fourth-order valence-corrected chi connectivity index (χ4v) is 3.14. The van der Waals surface area contributed by atoms with E-state index in [1.807, 2.05) is 20.8 Å². The number of fused-ring (bicyclic) bond motifs is 1. The van der Waals surface area contributed by atoms with Crippen LogP contribution in [0.3, 0.4) is 0 Å². The molecule has 0 saturated carbocycles. The van der Waals surface area contributed by atoms with Crippen molar-refractivity contribution in [3.05, 3.63) is 41.0 Å². The van der Waals surface area contributed by atoms with Crippen molar-refractivity contribution in [3.8, 4) is 5.75 Å². The van der Waals surface area contributed by atoms with Gasteiger partial charge in [-0.05, 0) is 64.3 Å². The number of nitrogens with one attached hydrogen (secondary N) is 1. The van der Waals surface area contributed by atoms with E-state index in [2.05, 4.69) is 11.4 Å². The summed E-state index contributed by atoms with van der Waals surface area (Å²) in [5.74, 6) is -2.16. The molecule has 2 rings (SSSR count). The third kappa shape index (κ3) is 4.98. The van der Waals surface area contributed by atoms with Crippen LogP contribution < -0.4 is 10.1 Å². The summed E-state index contributed by atoms with van der Waals surface area (Å²) in [4.78, 5) is 34.8. The van der Waals surface area contributed by atoms with E-state index in [1.54, 1.807) is 12.1 Å². The lowest BCUT2D eigenvalue weighted by atomic mass is 9.85. The molecule has 1 aromatic carbocycles. The van der Waals surface area contributed by atoms with Gasteiger partial charge >= 0.3 is 5.97 Å². The van der Waals surface area contributed by atoms with E-state index in [1.165, 1.54) is 11.6 Å². The maximum absolute atomic E-state index is 12.3.